The lowest BCUT2D eigenvalue weighted by Crippen LogP contribution is -2.49. The van der Waals surface area contributed by atoms with Gasteiger partial charge in [-0.05, 0) is 31.4 Å². The first kappa shape index (κ1) is 23.4. The highest BCUT2D eigenvalue weighted by atomic mass is 35.5. The maximum atomic E-state index is 13.3. The van der Waals surface area contributed by atoms with E-state index in [9.17, 15) is 23.3 Å². The maximum absolute atomic E-state index is 13.3. The quantitative estimate of drug-likeness (QED) is 0.631. The Morgan fingerprint density at radius 2 is 1.88 bits per heavy atom. The van der Waals surface area contributed by atoms with Crippen molar-refractivity contribution in [2.45, 2.75) is 47.4 Å². The number of nitrogens with one attached hydrogen (secondary N) is 1. The molecule has 1 aromatic heterocycles. The number of carbonyl (C=O) groups excluding carboxylic acids is 2. The SMILES string of the molecule is N#CC1(NC(=O)[C@@H]2C[C@@H](S(=O)(=O)c3ccccc3Cl)CN2C(=O)Cc2ncc(Cl)cn2)CC1. The van der Waals surface area contributed by atoms with Gasteiger partial charge >= 0.3 is 0 Å². The van der Waals surface area contributed by atoms with Crippen molar-refractivity contribution in [1.82, 2.24) is 20.2 Å². The predicted octanol–water partition coefficient (Wildman–Crippen LogP) is 1.94. The summed E-state index contributed by atoms with van der Waals surface area (Å²) < 4.78 is 26.6. The molecule has 1 aliphatic heterocycles. The van der Waals surface area contributed by atoms with Crippen LogP contribution in [0.5, 0.6) is 0 Å². The minimum absolute atomic E-state index is 0.0538. The standard InChI is InChI=1S/C21H19Cl2N5O4S/c22-13-9-25-18(26-10-13)8-19(29)28-11-14(33(31,32)17-4-2-1-3-15(17)23)7-16(28)20(30)27-21(12-24)5-6-21/h1-4,9-10,14,16H,5-8,11H2,(H,27,30)/t14-,16+/m1/s1. The Hall–Kier alpha value is -2.74. The highest BCUT2D eigenvalue weighted by molar-refractivity contribution is 7.92. The van der Waals surface area contributed by atoms with Crippen molar-refractivity contribution in [2.75, 3.05) is 6.54 Å². The Labute approximate surface area is 200 Å². The van der Waals surface area contributed by atoms with E-state index in [2.05, 4.69) is 21.4 Å². The average molecular weight is 508 g/mol. The lowest BCUT2D eigenvalue weighted by atomic mass is 10.1. The normalized spacial score (nSPS) is 21.3. The number of carbonyl (C=O) groups is 2. The van der Waals surface area contributed by atoms with E-state index in [4.69, 9.17) is 23.2 Å². The van der Waals surface area contributed by atoms with Crippen LogP contribution in [0.25, 0.3) is 0 Å². The molecule has 1 aromatic carbocycles. The number of rotatable bonds is 6. The summed E-state index contributed by atoms with van der Waals surface area (Å²) in [5, 5.41) is 11.3. The summed E-state index contributed by atoms with van der Waals surface area (Å²) in [5.74, 6) is -0.871. The Balaban J connectivity index is 1.61. The third-order valence-electron chi connectivity index (χ3n) is 5.78. The maximum Gasteiger partial charge on any atom is 0.244 e. The minimum atomic E-state index is -3.93. The average Bonchev–Trinajstić information content (AvgIpc) is 3.40. The number of likely N-dealkylation sites (tertiary alicyclic amines) is 1. The summed E-state index contributed by atoms with van der Waals surface area (Å²) in [5.41, 5.74) is -0.954. The van der Waals surface area contributed by atoms with Gasteiger partial charge in [0.25, 0.3) is 0 Å². The second-order valence-corrected chi connectivity index (χ2v) is 11.1. The Bertz CT molecular complexity index is 1240. The molecule has 33 heavy (non-hydrogen) atoms. The summed E-state index contributed by atoms with van der Waals surface area (Å²) in [7, 11) is -3.93. The van der Waals surface area contributed by atoms with E-state index in [0.717, 1.165) is 0 Å². The van der Waals surface area contributed by atoms with Crippen LogP contribution in [-0.4, -0.2) is 58.5 Å². The number of nitrogens with zero attached hydrogens (tertiary/aromatic N) is 4. The monoisotopic (exact) mass is 507 g/mol. The van der Waals surface area contributed by atoms with Gasteiger partial charge in [0.1, 0.15) is 17.4 Å². The third-order valence-corrected chi connectivity index (χ3v) is 8.60. The van der Waals surface area contributed by atoms with Crippen molar-refractivity contribution in [3.05, 3.63) is 52.5 Å². The number of benzene rings is 1. The summed E-state index contributed by atoms with van der Waals surface area (Å²) in [6.07, 6.45) is 3.36. The van der Waals surface area contributed by atoms with Gasteiger partial charge in [0, 0.05) is 18.9 Å². The van der Waals surface area contributed by atoms with Crippen molar-refractivity contribution >= 4 is 44.9 Å². The highest BCUT2D eigenvalue weighted by Crippen LogP contribution is 2.36. The molecule has 2 aliphatic rings. The number of aromatic nitrogens is 2. The van der Waals surface area contributed by atoms with Gasteiger partial charge in [-0.15, -0.1) is 0 Å². The van der Waals surface area contributed by atoms with Crippen LogP contribution in [0.1, 0.15) is 25.1 Å². The summed E-state index contributed by atoms with van der Waals surface area (Å²) in [6.45, 7) is -0.197. The number of hydrogen-bond donors (Lipinski definition) is 1. The van der Waals surface area contributed by atoms with Gasteiger partial charge in [0.2, 0.25) is 11.8 Å². The van der Waals surface area contributed by atoms with E-state index in [1.807, 2.05) is 0 Å². The number of sulfone groups is 1. The van der Waals surface area contributed by atoms with Gasteiger partial charge in [0.05, 0.1) is 32.7 Å². The molecule has 0 radical (unpaired) electrons. The molecule has 1 aliphatic carbocycles. The molecule has 0 bridgehead atoms. The Morgan fingerprint density at radius 1 is 1.21 bits per heavy atom. The van der Waals surface area contributed by atoms with Crippen molar-refractivity contribution in [3.63, 3.8) is 0 Å². The van der Waals surface area contributed by atoms with Crippen LogP contribution in [0.4, 0.5) is 0 Å². The van der Waals surface area contributed by atoms with Crippen molar-refractivity contribution < 1.29 is 18.0 Å². The molecule has 2 heterocycles. The van der Waals surface area contributed by atoms with E-state index in [1.165, 1.54) is 29.4 Å². The van der Waals surface area contributed by atoms with Crippen LogP contribution in [0.15, 0.2) is 41.6 Å². The number of hydrogen-bond acceptors (Lipinski definition) is 7. The van der Waals surface area contributed by atoms with Gasteiger partial charge in [-0.3, -0.25) is 9.59 Å². The number of nitriles is 1. The summed E-state index contributed by atoms with van der Waals surface area (Å²) in [4.78, 5) is 35.3. The molecule has 2 aromatic rings. The van der Waals surface area contributed by atoms with Crippen LogP contribution in [0, 0.1) is 11.3 Å². The number of amides is 2. The van der Waals surface area contributed by atoms with Gasteiger partial charge in [0.15, 0.2) is 9.84 Å². The van der Waals surface area contributed by atoms with Gasteiger partial charge < -0.3 is 10.2 Å². The molecule has 0 unspecified atom stereocenters. The summed E-state index contributed by atoms with van der Waals surface area (Å²) >= 11 is 11.9. The zero-order chi connectivity index (χ0) is 23.8. The predicted molar refractivity (Wildman–Crippen MR) is 119 cm³/mol. The molecule has 12 heteroatoms. The highest BCUT2D eigenvalue weighted by Gasteiger charge is 2.50. The Morgan fingerprint density at radius 3 is 2.48 bits per heavy atom. The van der Waals surface area contributed by atoms with Gasteiger partial charge in [-0.2, -0.15) is 5.26 Å². The zero-order valence-electron chi connectivity index (χ0n) is 17.2. The fraction of sp³-hybridized carbons (Fsp3) is 0.381. The van der Waals surface area contributed by atoms with Gasteiger partial charge in [-0.1, -0.05) is 35.3 Å². The third kappa shape index (κ3) is 4.81. The smallest absolute Gasteiger partial charge is 0.244 e. The molecule has 2 fully saturated rings. The van der Waals surface area contributed by atoms with E-state index in [1.54, 1.807) is 12.1 Å². The molecule has 0 spiro atoms. The molecule has 4 rings (SSSR count). The van der Waals surface area contributed by atoms with Crippen LogP contribution < -0.4 is 5.32 Å². The lowest BCUT2D eigenvalue weighted by Gasteiger charge is -2.24. The van der Waals surface area contributed by atoms with E-state index in [0.29, 0.717) is 17.9 Å². The molecule has 9 nitrogen and oxygen atoms in total. The van der Waals surface area contributed by atoms with Crippen molar-refractivity contribution in [3.8, 4) is 6.07 Å². The second kappa shape index (κ2) is 8.89. The zero-order valence-corrected chi connectivity index (χ0v) is 19.6. The molecule has 1 saturated carbocycles. The van der Waals surface area contributed by atoms with E-state index in [-0.39, 0.29) is 35.1 Å². The fourth-order valence-corrected chi connectivity index (χ4v) is 6.09. The first-order valence-corrected chi connectivity index (χ1v) is 12.4. The van der Waals surface area contributed by atoms with Crippen LogP contribution in [0.2, 0.25) is 10.0 Å². The molecule has 172 valence electrons. The Kier molecular flexibility index (Phi) is 6.31. The largest absolute Gasteiger partial charge is 0.336 e. The molecule has 1 saturated heterocycles. The van der Waals surface area contributed by atoms with Crippen molar-refractivity contribution in [1.29, 1.82) is 5.26 Å². The fourth-order valence-electron chi connectivity index (χ4n) is 3.78. The van der Waals surface area contributed by atoms with Gasteiger partial charge in [-0.25, -0.2) is 18.4 Å². The lowest BCUT2D eigenvalue weighted by molar-refractivity contribution is -0.138. The van der Waals surface area contributed by atoms with E-state index >= 15 is 0 Å². The minimum Gasteiger partial charge on any atom is -0.336 e. The topological polar surface area (TPSA) is 133 Å². The van der Waals surface area contributed by atoms with E-state index < -0.39 is 38.5 Å². The molecule has 2 amide bonds. The number of halogens is 2. The van der Waals surface area contributed by atoms with Crippen LogP contribution in [-0.2, 0) is 25.8 Å². The summed E-state index contributed by atoms with van der Waals surface area (Å²) in [6, 6.07) is 7.05. The van der Waals surface area contributed by atoms with Crippen LogP contribution in [0.3, 0.4) is 0 Å². The molecule has 2 atom stereocenters. The molecular formula is C21H19Cl2N5O4S. The van der Waals surface area contributed by atoms with Crippen molar-refractivity contribution in [2.24, 2.45) is 0 Å². The first-order valence-electron chi connectivity index (χ1n) is 10.1. The first-order chi connectivity index (χ1) is 15.6. The molecular weight excluding hydrogens is 489 g/mol. The second-order valence-electron chi connectivity index (χ2n) is 8.07. The van der Waals surface area contributed by atoms with Crippen LogP contribution >= 0.6 is 23.2 Å². The molecule has 1 N–H and O–H groups in total.